The van der Waals surface area contributed by atoms with Gasteiger partial charge in [-0.15, -0.1) is 0 Å². The zero-order valence-corrected chi connectivity index (χ0v) is 22.9. The molecule has 0 amide bonds. The van der Waals surface area contributed by atoms with Crippen LogP contribution in [0, 0.1) is 0 Å². The number of hydrogen-bond donors (Lipinski definition) is 2. The number of rotatable bonds is 6. The van der Waals surface area contributed by atoms with Crippen molar-refractivity contribution >= 4 is 87.6 Å². The summed E-state index contributed by atoms with van der Waals surface area (Å²) >= 11 is 12.5. The van der Waals surface area contributed by atoms with Gasteiger partial charge in [-0.05, 0) is 102 Å². The molecule has 0 saturated heterocycles. The van der Waals surface area contributed by atoms with Crippen LogP contribution in [0.5, 0.6) is 0 Å². The molecular weight excluding hydrogens is 688 g/mol. The van der Waals surface area contributed by atoms with Gasteiger partial charge in [0.1, 0.15) is 0 Å². The number of carboxylic acid groups (broad SMARTS) is 2. The van der Waals surface area contributed by atoms with Crippen molar-refractivity contribution in [3.8, 4) is 0 Å². The van der Waals surface area contributed by atoms with E-state index in [1.807, 2.05) is 0 Å². The second-order valence-electron chi connectivity index (χ2n) is 5.68. The van der Waals surface area contributed by atoms with E-state index in [0.717, 1.165) is 0 Å². The summed E-state index contributed by atoms with van der Waals surface area (Å²) in [6, 6.07) is 5.56. The van der Waals surface area contributed by atoms with E-state index in [-0.39, 0.29) is 20.1 Å². The first-order valence-corrected chi connectivity index (χ1v) is 11.9. The molecule has 2 aromatic carbocycles. The van der Waals surface area contributed by atoms with Crippen LogP contribution in [0.25, 0.3) is 0 Å². The number of esters is 2. The van der Waals surface area contributed by atoms with Crippen LogP contribution >= 0.6 is 63.7 Å². The number of carboxylic acids is 2. The lowest BCUT2D eigenvalue weighted by Gasteiger charge is -2.09. The Morgan fingerprint density at radius 3 is 1.12 bits per heavy atom. The van der Waals surface area contributed by atoms with Gasteiger partial charge in [0, 0.05) is 17.9 Å². The van der Waals surface area contributed by atoms with Crippen molar-refractivity contribution in [1.29, 1.82) is 0 Å². The zero-order valence-electron chi connectivity index (χ0n) is 16.6. The molecule has 32 heavy (non-hydrogen) atoms. The fraction of sp³-hybridized carbons (Fsp3) is 0.200. The van der Waals surface area contributed by atoms with E-state index in [4.69, 9.17) is 19.7 Å². The normalized spacial score (nSPS) is 9.94. The molecule has 0 radical (unpaired) electrons. The third-order valence-corrected chi connectivity index (χ3v) is 6.19. The molecule has 172 valence electrons. The molecule has 8 nitrogen and oxygen atoms in total. The van der Waals surface area contributed by atoms with E-state index in [1.165, 1.54) is 24.3 Å². The van der Waals surface area contributed by atoms with Gasteiger partial charge >= 0.3 is 23.9 Å². The van der Waals surface area contributed by atoms with Crippen LogP contribution in [-0.4, -0.2) is 47.3 Å². The van der Waals surface area contributed by atoms with Crippen LogP contribution in [0.4, 0.5) is 0 Å². The molecule has 0 aromatic heterocycles. The van der Waals surface area contributed by atoms with E-state index in [9.17, 15) is 19.2 Å². The van der Waals surface area contributed by atoms with Gasteiger partial charge in [-0.3, -0.25) is 0 Å². The third-order valence-electron chi connectivity index (χ3n) is 3.56. The Morgan fingerprint density at radius 1 is 0.625 bits per heavy atom. The molecule has 0 saturated carbocycles. The first-order chi connectivity index (χ1) is 14.9. The SMILES string of the molecule is CCOC(=O)c1cc(Br)c(C(=O)OCC)cc1Br.O=C(O)c1cc(Br)c(C(=O)O)cc1Br. The van der Waals surface area contributed by atoms with Crippen molar-refractivity contribution in [3.63, 3.8) is 0 Å². The monoisotopic (exact) mass is 700 g/mol. The highest BCUT2D eigenvalue weighted by molar-refractivity contribution is 9.11. The minimum absolute atomic E-state index is 0.0156. The minimum Gasteiger partial charge on any atom is -0.478 e. The second-order valence-corrected chi connectivity index (χ2v) is 9.09. The van der Waals surface area contributed by atoms with E-state index < -0.39 is 23.9 Å². The van der Waals surface area contributed by atoms with E-state index in [2.05, 4.69) is 63.7 Å². The standard InChI is InChI=1S/C12H12Br2O4.C8H4Br2O4/c1-3-17-11(15)7-5-10(14)8(6-9(7)13)12(16)18-4-2;9-5-1-3(7(11)12)6(10)2-4(5)8(13)14/h5-6H,3-4H2,1-2H3;1-2H,(H,11,12)(H,13,14). The van der Waals surface area contributed by atoms with Crippen molar-refractivity contribution < 1.29 is 38.9 Å². The average molecular weight is 704 g/mol. The fourth-order valence-electron chi connectivity index (χ4n) is 2.15. The van der Waals surface area contributed by atoms with Gasteiger partial charge in [-0.25, -0.2) is 19.2 Å². The quantitative estimate of drug-likeness (QED) is 0.342. The van der Waals surface area contributed by atoms with Crippen molar-refractivity contribution in [1.82, 2.24) is 0 Å². The van der Waals surface area contributed by atoms with E-state index in [1.54, 1.807) is 13.8 Å². The zero-order chi connectivity index (χ0) is 24.6. The molecule has 0 fully saturated rings. The summed E-state index contributed by atoms with van der Waals surface area (Å²) in [5.74, 6) is -3.12. The maximum atomic E-state index is 11.6. The van der Waals surface area contributed by atoms with Crippen molar-refractivity contribution in [2.75, 3.05) is 13.2 Å². The summed E-state index contributed by atoms with van der Waals surface area (Å²) in [7, 11) is 0. The molecule has 2 aromatic rings. The van der Waals surface area contributed by atoms with Crippen LogP contribution < -0.4 is 0 Å². The van der Waals surface area contributed by atoms with Crippen LogP contribution in [-0.2, 0) is 9.47 Å². The molecule has 2 N–H and O–H groups in total. The number of carbonyl (C=O) groups excluding carboxylic acids is 2. The van der Waals surface area contributed by atoms with Gasteiger partial charge in [0.05, 0.1) is 35.5 Å². The molecule has 0 bridgehead atoms. The first-order valence-electron chi connectivity index (χ1n) is 8.73. The van der Waals surface area contributed by atoms with Gasteiger partial charge in [-0.2, -0.15) is 0 Å². The highest BCUT2D eigenvalue weighted by atomic mass is 79.9. The van der Waals surface area contributed by atoms with Crippen LogP contribution in [0.3, 0.4) is 0 Å². The lowest BCUT2D eigenvalue weighted by Crippen LogP contribution is -2.09. The Kier molecular flexibility index (Phi) is 11.5. The molecule has 0 heterocycles. The summed E-state index contributed by atoms with van der Waals surface area (Å²) < 4.78 is 11.3. The molecule has 0 spiro atoms. The third kappa shape index (κ3) is 7.68. The first kappa shape index (κ1) is 28.3. The summed E-state index contributed by atoms with van der Waals surface area (Å²) in [5.41, 5.74) is 0.747. The van der Waals surface area contributed by atoms with Crippen LogP contribution in [0.1, 0.15) is 55.3 Å². The molecule has 0 aliphatic rings. The number of carbonyl (C=O) groups is 4. The van der Waals surface area contributed by atoms with E-state index >= 15 is 0 Å². The highest BCUT2D eigenvalue weighted by Crippen LogP contribution is 2.28. The molecule has 0 atom stereocenters. The van der Waals surface area contributed by atoms with E-state index in [0.29, 0.717) is 33.3 Å². The van der Waals surface area contributed by atoms with Crippen LogP contribution in [0.15, 0.2) is 42.2 Å². The minimum atomic E-state index is -1.12. The summed E-state index contributed by atoms with van der Waals surface area (Å²) in [5, 5.41) is 17.4. The molecular formula is C20H16Br4O8. The number of halogens is 4. The van der Waals surface area contributed by atoms with Gasteiger partial charge in [0.2, 0.25) is 0 Å². The molecule has 0 unspecified atom stereocenters. The topological polar surface area (TPSA) is 127 Å². The van der Waals surface area contributed by atoms with Gasteiger partial charge in [0.15, 0.2) is 0 Å². The average Bonchev–Trinajstić information content (AvgIpc) is 2.71. The number of benzene rings is 2. The second kappa shape index (κ2) is 13.1. The smallest absolute Gasteiger partial charge is 0.339 e. The number of aromatic carboxylic acids is 2. The molecule has 0 aliphatic carbocycles. The fourth-order valence-corrected chi connectivity index (χ4v) is 4.19. The predicted octanol–water partition coefficient (Wildman–Crippen LogP) is 6.17. The number of hydrogen-bond acceptors (Lipinski definition) is 6. The maximum absolute atomic E-state index is 11.6. The lowest BCUT2D eigenvalue weighted by molar-refractivity contribution is 0.0509. The van der Waals surface area contributed by atoms with Gasteiger partial charge < -0.3 is 19.7 Å². The van der Waals surface area contributed by atoms with Gasteiger partial charge in [-0.1, -0.05) is 0 Å². The summed E-state index contributed by atoms with van der Waals surface area (Å²) in [4.78, 5) is 44.6. The number of ether oxygens (including phenoxy) is 2. The largest absolute Gasteiger partial charge is 0.478 e. The molecule has 12 heteroatoms. The Balaban J connectivity index is 0.000000330. The maximum Gasteiger partial charge on any atom is 0.339 e. The Labute approximate surface area is 216 Å². The Hall–Kier alpha value is -1.76. The Morgan fingerprint density at radius 2 is 0.875 bits per heavy atom. The molecule has 2 rings (SSSR count). The van der Waals surface area contributed by atoms with Gasteiger partial charge in [0.25, 0.3) is 0 Å². The van der Waals surface area contributed by atoms with Crippen molar-refractivity contribution in [3.05, 3.63) is 64.4 Å². The molecule has 0 aliphatic heterocycles. The lowest BCUT2D eigenvalue weighted by atomic mass is 10.1. The summed E-state index contributed by atoms with van der Waals surface area (Å²) in [6.45, 7) is 4.05. The van der Waals surface area contributed by atoms with Crippen molar-refractivity contribution in [2.24, 2.45) is 0 Å². The summed E-state index contributed by atoms with van der Waals surface area (Å²) in [6.07, 6.45) is 0. The highest BCUT2D eigenvalue weighted by Gasteiger charge is 2.18. The van der Waals surface area contributed by atoms with Crippen LogP contribution in [0.2, 0.25) is 0 Å². The predicted molar refractivity (Wildman–Crippen MR) is 130 cm³/mol. The Bertz CT molecular complexity index is 969. The van der Waals surface area contributed by atoms with Crippen molar-refractivity contribution in [2.45, 2.75) is 13.8 Å².